The zero-order chi connectivity index (χ0) is 12.1. The summed E-state index contributed by atoms with van der Waals surface area (Å²) >= 11 is 1.70. The minimum atomic E-state index is 0.535. The molecular formula is C12H23N3S. The zero-order valence-corrected chi connectivity index (χ0v) is 11.5. The quantitative estimate of drug-likeness (QED) is 0.832. The standard InChI is InChI=1S/C12H23N3S/c1-9(2)6-15(7-10(3)4)12-14-11(5-13)8-16-12/h8-10H,5-7,13H2,1-4H3. The first-order chi connectivity index (χ1) is 7.52. The third-order valence-electron chi connectivity index (χ3n) is 2.19. The molecule has 1 heterocycles. The summed E-state index contributed by atoms with van der Waals surface area (Å²) in [5.41, 5.74) is 6.59. The molecule has 0 amide bonds. The molecule has 1 aromatic heterocycles. The van der Waals surface area contributed by atoms with E-state index in [2.05, 4.69) is 43.0 Å². The maximum Gasteiger partial charge on any atom is 0.185 e. The van der Waals surface area contributed by atoms with Gasteiger partial charge in [0, 0.05) is 25.0 Å². The molecule has 0 unspecified atom stereocenters. The van der Waals surface area contributed by atoms with Crippen molar-refractivity contribution in [3.8, 4) is 0 Å². The van der Waals surface area contributed by atoms with Crippen LogP contribution in [0.5, 0.6) is 0 Å². The lowest BCUT2D eigenvalue weighted by atomic mass is 10.1. The van der Waals surface area contributed by atoms with Crippen LogP contribution in [0, 0.1) is 11.8 Å². The van der Waals surface area contributed by atoms with Crippen LogP contribution >= 0.6 is 11.3 Å². The Bertz CT molecular complexity index is 297. The first kappa shape index (κ1) is 13.5. The van der Waals surface area contributed by atoms with Gasteiger partial charge in [0.2, 0.25) is 0 Å². The molecule has 0 radical (unpaired) electrons. The molecular weight excluding hydrogens is 218 g/mol. The molecule has 2 N–H and O–H groups in total. The minimum absolute atomic E-state index is 0.535. The predicted molar refractivity (Wildman–Crippen MR) is 71.9 cm³/mol. The molecule has 0 aliphatic carbocycles. The SMILES string of the molecule is CC(C)CN(CC(C)C)c1nc(CN)cs1. The summed E-state index contributed by atoms with van der Waals surface area (Å²) in [6, 6.07) is 0. The lowest BCUT2D eigenvalue weighted by Gasteiger charge is -2.25. The van der Waals surface area contributed by atoms with E-state index in [0.29, 0.717) is 18.4 Å². The summed E-state index contributed by atoms with van der Waals surface area (Å²) in [6.07, 6.45) is 0. The van der Waals surface area contributed by atoms with Crippen molar-refractivity contribution < 1.29 is 0 Å². The van der Waals surface area contributed by atoms with Crippen molar-refractivity contribution in [1.82, 2.24) is 4.98 Å². The van der Waals surface area contributed by atoms with Gasteiger partial charge in [0.25, 0.3) is 0 Å². The molecule has 1 rings (SSSR count). The minimum Gasteiger partial charge on any atom is -0.348 e. The van der Waals surface area contributed by atoms with Crippen LogP contribution in [0.3, 0.4) is 0 Å². The number of anilines is 1. The maximum atomic E-state index is 5.59. The molecule has 4 heteroatoms. The number of hydrogen-bond acceptors (Lipinski definition) is 4. The van der Waals surface area contributed by atoms with E-state index in [1.165, 1.54) is 0 Å². The lowest BCUT2D eigenvalue weighted by Crippen LogP contribution is -2.31. The van der Waals surface area contributed by atoms with Gasteiger partial charge in [-0.25, -0.2) is 4.98 Å². The Morgan fingerprint density at radius 3 is 2.19 bits per heavy atom. The normalized spacial score (nSPS) is 11.4. The van der Waals surface area contributed by atoms with Gasteiger partial charge in [-0.1, -0.05) is 27.7 Å². The lowest BCUT2D eigenvalue weighted by molar-refractivity contribution is 0.551. The molecule has 0 atom stereocenters. The summed E-state index contributed by atoms with van der Waals surface area (Å²) in [5, 5.41) is 3.17. The van der Waals surface area contributed by atoms with Crippen LogP contribution in [-0.2, 0) is 6.54 Å². The summed E-state index contributed by atoms with van der Waals surface area (Å²) in [7, 11) is 0. The van der Waals surface area contributed by atoms with Crippen molar-refractivity contribution in [2.24, 2.45) is 17.6 Å². The number of hydrogen-bond donors (Lipinski definition) is 1. The van der Waals surface area contributed by atoms with E-state index in [4.69, 9.17) is 5.73 Å². The van der Waals surface area contributed by atoms with E-state index in [1.807, 2.05) is 0 Å². The molecule has 0 saturated carbocycles. The Kier molecular flexibility index (Phi) is 5.22. The summed E-state index contributed by atoms with van der Waals surface area (Å²) < 4.78 is 0. The van der Waals surface area contributed by atoms with Gasteiger partial charge in [0.1, 0.15) is 0 Å². The van der Waals surface area contributed by atoms with Gasteiger partial charge in [0.15, 0.2) is 5.13 Å². The first-order valence-corrected chi connectivity index (χ1v) is 6.80. The fourth-order valence-corrected chi connectivity index (χ4v) is 2.51. The monoisotopic (exact) mass is 241 g/mol. The third kappa shape index (κ3) is 4.10. The highest BCUT2D eigenvalue weighted by Crippen LogP contribution is 2.22. The van der Waals surface area contributed by atoms with E-state index in [-0.39, 0.29) is 0 Å². The predicted octanol–water partition coefficient (Wildman–Crippen LogP) is 2.72. The van der Waals surface area contributed by atoms with Gasteiger partial charge in [0.05, 0.1) is 5.69 Å². The van der Waals surface area contributed by atoms with Crippen molar-refractivity contribution in [1.29, 1.82) is 0 Å². The van der Waals surface area contributed by atoms with Crippen LogP contribution in [0.2, 0.25) is 0 Å². The second-order valence-corrected chi connectivity index (χ2v) is 5.85. The Balaban J connectivity index is 2.74. The summed E-state index contributed by atoms with van der Waals surface area (Å²) in [5.74, 6) is 1.31. The molecule has 0 spiro atoms. The molecule has 0 fully saturated rings. The zero-order valence-electron chi connectivity index (χ0n) is 10.7. The number of rotatable bonds is 6. The highest BCUT2D eigenvalue weighted by molar-refractivity contribution is 7.13. The highest BCUT2D eigenvalue weighted by Gasteiger charge is 2.13. The van der Waals surface area contributed by atoms with E-state index < -0.39 is 0 Å². The highest BCUT2D eigenvalue weighted by atomic mass is 32.1. The number of nitrogens with zero attached hydrogens (tertiary/aromatic N) is 2. The fourth-order valence-electron chi connectivity index (χ4n) is 1.65. The molecule has 0 aromatic carbocycles. The van der Waals surface area contributed by atoms with Crippen LogP contribution in [0.1, 0.15) is 33.4 Å². The van der Waals surface area contributed by atoms with Gasteiger partial charge >= 0.3 is 0 Å². The topological polar surface area (TPSA) is 42.2 Å². The number of aromatic nitrogens is 1. The Morgan fingerprint density at radius 1 is 1.25 bits per heavy atom. The Morgan fingerprint density at radius 2 is 1.81 bits per heavy atom. The maximum absolute atomic E-state index is 5.59. The second kappa shape index (κ2) is 6.21. The van der Waals surface area contributed by atoms with Crippen LogP contribution in [0.25, 0.3) is 0 Å². The van der Waals surface area contributed by atoms with E-state index in [9.17, 15) is 0 Å². The van der Waals surface area contributed by atoms with Gasteiger partial charge in [-0.15, -0.1) is 11.3 Å². The Hall–Kier alpha value is -0.610. The van der Waals surface area contributed by atoms with Crippen LogP contribution in [-0.4, -0.2) is 18.1 Å². The average molecular weight is 241 g/mol. The smallest absolute Gasteiger partial charge is 0.185 e. The van der Waals surface area contributed by atoms with Gasteiger partial charge in [-0.2, -0.15) is 0 Å². The molecule has 0 saturated heterocycles. The molecule has 0 aliphatic rings. The van der Waals surface area contributed by atoms with Crippen molar-refractivity contribution >= 4 is 16.5 Å². The third-order valence-corrected chi connectivity index (χ3v) is 3.14. The molecule has 0 aliphatic heterocycles. The number of nitrogens with two attached hydrogens (primary N) is 1. The van der Waals surface area contributed by atoms with Gasteiger partial charge in [-0.05, 0) is 11.8 Å². The van der Waals surface area contributed by atoms with Crippen molar-refractivity contribution in [2.45, 2.75) is 34.2 Å². The van der Waals surface area contributed by atoms with Crippen LogP contribution in [0.4, 0.5) is 5.13 Å². The van der Waals surface area contributed by atoms with E-state index in [1.54, 1.807) is 11.3 Å². The van der Waals surface area contributed by atoms with Crippen molar-refractivity contribution in [3.63, 3.8) is 0 Å². The number of thiazole rings is 1. The summed E-state index contributed by atoms with van der Waals surface area (Å²) in [6.45, 7) is 11.6. The Labute approximate surface area is 103 Å². The van der Waals surface area contributed by atoms with E-state index in [0.717, 1.165) is 23.9 Å². The molecule has 0 bridgehead atoms. The molecule has 92 valence electrons. The van der Waals surface area contributed by atoms with Crippen LogP contribution < -0.4 is 10.6 Å². The average Bonchev–Trinajstić information content (AvgIpc) is 2.63. The van der Waals surface area contributed by atoms with Crippen molar-refractivity contribution in [3.05, 3.63) is 11.1 Å². The van der Waals surface area contributed by atoms with Crippen LogP contribution in [0.15, 0.2) is 5.38 Å². The molecule has 1 aromatic rings. The van der Waals surface area contributed by atoms with Crippen molar-refractivity contribution in [2.75, 3.05) is 18.0 Å². The fraction of sp³-hybridized carbons (Fsp3) is 0.750. The first-order valence-electron chi connectivity index (χ1n) is 5.92. The van der Waals surface area contributed by atoms with E-state index >= 15 is 0 Å². The van der Waals surface area contributed by atoms with Gasteiger partial charge in [-0.3, -0.25) is 0 Å². The molecule has 16 heavy (non-hydrogen) atoms. The molecule has 3 nitrogen and oxygen atoms in total. The second-order valence-electron chi connectivity index (χ2n) is 5.02. The largest absolute Gasteiger partial charge is 0.348 e. The summed E-state index contributed by atoms with van der Waals surface area (Å²) in [4.78, 5) is 6.93. The van der Waals surface area contributed by atoms with Gasteiger partial charge < -0.3 is 10.6 Å².